The Balaban J connectivity index is 2.00. The maximum atomic E-state index is 12.4. The lowest BCUT2D eigenvalue weighted by Gasteiger charge is -2.32. The molecule has 0 aliphatic carbocycles. The van der Waals surface area contributed by atoms with Crippen LogP contribution in [0.5, 0.6) is 5.75 Å². The van der Waals surface area contributed by atoms with E-state index in [1.54, 1.807) is 0 Å². The number of halogens is 1. The largest absolute Gasteiger partial charge is 0.481 e. The third-order valence-corrected chi connectivity index (χ3v) is 4.76. The third-order valence-electron chi connectivity index (χ3n) is 4.17. The van der Waals surface area contributed by atoms with Gasteiger partial charge in [-0.15, -0.1) is 0 Å². The average Bonchev–Trinajstić information content (AvgIpc) is 2.44. The molecule has 0 bridgehead atoms. The van der Waals surface area contributed by atoms with E-state index in [2.05, 4.69) is 6.92 Å². The molecule has 1 atom stereocenters. The fourth-order valence-corrected chi connectivity index (χ4v) is 2.82. The molecule has 21 heavy (non-hydrogen) atoms. The highest BCUT2D eigenvalue weighted by Gasteiger charge is 2.25. The predicted octanol–water partition coefficient (Wildman–Crippen LogP) is 3.98. The second-order valence-corrected chi connectivity index (χ2v) is 6.52. The number of hydrogen-bond acceptors (Lipinski definition) is 2. The molecule has 1 aromatic carbocycles. The number of ether oxygens (including phenoxy) is 1. The van der Waals surface area contributed by atoms with Crippen LogP contribution in [-0.4, -0.2) is 30.0 Å². The van der Waals surface area contributed by atoms with E-state index in [0.717, 1.165) is 42.1 Å². The number of carbonyl (C=O) groups is 1. The van der Waals surface area contributed by atoms with Gasteiger partial charge >= 0.3 is 0 Å². The second kappa shape index (κ2) is 6.69. The molecule has 0 spiro atoms. The highest BCUT2D eigenvalue weighted by atomic mass is 35.5. The van der Waals surface area contributed by atoms with Crippen LogP contribution in [0, 0.1) is 19.8 Å². The molecule has 0 N–H and O–H groups in total. The van der Waals surface area contributed by atoms with Gasteiger partial charge in [0.1, 0.15) is 5.75 Å². The average molecular weight is 310 g/mol. The van der Waals surface area contributed by atoms with Crippen molar-refractivity contribution in [1.82, 2.24) is 4.90 Å². The number of carbonyl (C=O) groups excluding carboxylic acids is 1. The highest BCUT2D eigenvalue weighted by Crippen LogP contribution is 2.27. The van der Waals surface area contributed by atoms with Crippen LogP contribution in [0.3, 0.4) is 0 Å². The summed E-state index contributed by atoms with van der Waals surface area (Å²) >= 11 is 6.15. The second-order valence-electron chi connectivity index (χ2n) is 6.14. The van der Waals surface area contributed by atoms with Crippen LogP contribution in [0.15, 0.2) is 12.1 Å². The van der Waals surface area contributed by atoms with E-state index in [1.165, 1.54) is 0 Å². The normalized spacial score (nSPS) is 17.7. The van der Waals surface area contributed by atoms with E-state index in [-0.39, 0.29) is 5.91 Å². The minimum atomic E-state index is -0.460. The number of rotatable bonds is 3. The van der Waals surface area contributed by atoms with Gasteiger partial charge in [0.05, 0.1) is 0 Å². The molecule has 1 amide bonds. The minimum Gasteiger partial charge on any atom is -0.481 e. The third kappa shape index (κ3) is 3.91. The molecule has 4 heteroatoms. The molecule has 1 unspecified atom stereocenters. The lowest BCUT2D eigenvalue weighted by molar-refractivity contribution is -0.139. The molecule has 0 aromatic heterocycles. The molecule has 1 aromatic rings. The number of benzene rings is 1. The summed E-state index contributed by atoms with van der Waals surface area (Å²) in [6.45, 7) is 9.63. The number of aryl methyl sites for hydroxylation is 2. The number of piperidine rings is 1. The first-order valence-corrected chi connectivity index (χ1v) is 7.98. The summed E-state index contributed by atoms with van der Waals surface area (Å²) in [6.07, 6.45) is 1.70. The Labute approximate surface area is 132 Å². The lowest BCUT2D eigenvalue weighted by Crippen LogP contribution is -2.44. The van der Waals surface area contributed by atoms with Crippen molar-refractivity contribution in [2.45, 2.75) is 46.6 Å². The Bertz CT molecular complexity index is 499. The Morgan fingerprint density at radius 2 is 1.81 bits per heavy atom. The van der Waals surface area contributed by atoms with Crippen molar-refractivity contribution < 1.29 is 9.53 Å². The Morgan fingerprint density at radius 1 is 1.29 bits per heavy atom. The first-order valence-electron chi connectivity index (χ1n) is 7.60. The lowest BCUT2D eigenvalue weighted by atomic mass is 9.99. The van der Waals surface area contributed by atoms with E-state index >= 15 is 0 Å². The van der Waals surface area contributed by atoms with Gasteiger partial charge in [-0.2, -0.15) is 0 Å². The standard InChI is InChI=1S/C17H24ClNO2/c1-11-5-7-19(8-6-11)17(20)14(4)21-15-9-12(2)16(18)13(3)10-15/h9-11,14H,5-8H2,1-4H3. The van der Waals surface area contributed by atoms with Gasteiger partial charge in [0.2, 0.25) is 0 Å². The van der Waals surface area contributed by atoms with Gasteiger partial charge in [0.25, 0.3) is 5.91 Å². The first-order chi connectivity index (χ1) is 9.88. The smallest absolute Gasteiger partial charge is 0.263 e. The van der Waals surface area contributed by atoms with E-state index in [0.29, 0.717) is 11.7 Å². The van der Waals surface area contributed by atoms with E-state index < -0.39 is 6.10 Å². The Morgan fingerprint density at radius 3 is 2.33 bits per heavy atom. The zero-order chi connectivity index (χ0) is 15.6. The maximum Gasteiger partial charge on any atom is 0.263 e. The van der Waals surface area contributed by atoms with Gasteiger partial charge in [-0.3, -0.25) is 4.79 Å². The van der Waals surface area contributed by atoms with Crippen molar-refractivity contribution in [3.8, 4) is 5.75 Å². The van der Waals surface area contributed by atoms with Gasteiger partial charge in [0, 0.05) is 18.1 Å². The van der Waals surface area contributed by atoms with E-state index in [4.69, 9.17) is 16.3 Å². The zero-order valence-corrected chi connectivity index (χ0v) is 14.0. The molecule has 1 heterocycles. The van der Waals surface area contributed by atoms with Crippen LogP contribution in [0.4, 0.5) is 0 Å². The quantitative estimate of drug-likeness (QED) is 0.845. The van der Waals surface area contributed by atoms with Crippen LogP contribution < -0.4 is 4.74 Å². The van der Waals surface area contributed by atoms with Crippen molar-refractivity contribution in [3.05, 3.63) is 28.3 Å². The molecule has 0 radical (unpaired) electrons. The van der Waals surface area contributed by atoms with Gasteiger partial charge in [-0.05, 0) is 62.8 Å². The van der Waals surface area contributed by atoms with Crippen LogP contribution >= 0.6 is 11.6 Å². The first kappa shape index (κ1) is 16.2. The maximum absolute atomic E-state index is 12.4. The molecule has 3 nitrogen and oxygen atoms in total. The monoisotopic (exact) mass is 309 g/mol. The molecule has 1 aliphatic rings. The predicted molar refractivity (Wildman–Crippen MR) is 86.0 cm³/mol. The molecule has 1 aliphatic heterocycles. The van der Waals surface area contributed by atoms with Gasteiger partial charge < -0.3 is 9.64 Å². The van der Waals surface area contributed by atoms with Crippen LogP contribution in [0.1, 0.15) is 37.8 Å². The highest BCUT2D eigenvalue weighted by molar-refractivity contribution is 6.32. The fraction of sp³-hybridized carbons (Fsp3) is 0.588. The topological polar surface area (TPSA) is 29.5 Å². The number of amides is 1. The molecule has 116 valence electrons. The van der Waals surface area contributed by atoms with Gasteiger partial charge in [-0.1, -0.05) is 18.5 Å². The van der Waals surface area contributed by atoms with Crippen LogP contribution in [0.2, 0.25) is 5.02 Å². The zero-order valence-electron chi connectivity index (χ0n) is 13.3. The molecule has 2 rings (SSSR count). The SMILES string of the molecule is Cc1cc(OC(C)C(=O)N2CCC(C)CC2)cc(C)c1Cl. The van der Waals surface area contributed by atoms with Gasteiger partial charge in [0.15, 0.2) is 6.10 Å². The van der Waals surface area contributed by atoms with Crippen molar-refractivity contribution in [2.24, 2.45) is 5.92 Å². The summed E-state index contributed by atoms with van der Waals surface area (Å²) in [5.41, 5.74) is 1.94. The Kier molecular flexibility index (Phi) is 5.15. The number of likely N-dealkylation sites (tertiary alicyclic amines) is 1. The molecular weight excluding hydrogens is 286 g/mol. The number of nitrogens with zero attached hydrogens (tertiary/aromatic N) is 1. The van der Waals surface area contributed by atoms with Gasteiger partial charge in [-0.25, -0.2) is 0 Å². The fourth-order valence-electron chi connectivity index (χ4n) is 2.71. The summed E-state index contributed by atoms with van der Waals surface area (Å²) in [7, 11) is 0. The van der Waals surface area contributed by atoms with E-state index in [9.17, 15) is 4.79 Å². The molecule has 1 saturated heterocycles. The summed E-state index contributed by atoms with van der Waals surface area (Å²) in [4.78, 5) is 14.3. The Hall–Kier alpha value is -1.22. The molecule has 0 saturated carbocycles. The van der Waals surface area contributed by atoms with Crippen molar-refractivity contribution in [2.75, 3.05) is 13.1 Å². The van der Waals surface area contributed by atoms with Crippen LogP contribution in [0.25, 0.3) is 0 Å². The van der Waals surface area contributed by atoms with E-state index in [1.807, 2.05) is 37.8 Å². The summed E-state index contributed by atoms with van der Waals surface area (Å²) < 4.78 is 5.82. The molecular formula is C17H24ClNO2. The summed E-state index contributed by atoms with van der Waals surface area (Å²) in [5, 5.41) is 0.756. The number of hydrogen-bond donors (Lipinski definition) is 0. The summed E-state index contributed by atoms with van der Waals surface area (Å²) in [5.74, 6) is 1.50. The van der Waals surface area contributed by atoms with Crippen molar-refractivity contribution in [1.29, 1.82) is 0 Å². The van der Waals surface area contributed by atoms with Crippen LogP contribution in [-0.2, 0) is 4.79 Å². The van der Waals surface area contributed by atoms with Crippen molar-refractivity contribution in [3.63, 3.8) is 0 Å². The summed E-state index contributed by atoms with van der Waals surface area (Å²) in [6, 6.07) is 3.77. The minimum absolute atomic E-state index is 0.0761. The molecule has 1 fully saturated rings. The van der Waals surface area contributed by atoms with Crippen molar-refractivity contribution >= 4 is 17.5 Å².